The number of hydrogen-bond acceptors (Lipinski definition) is 3. The molecule has 20 heavy (non-hydrogen) atoms. The first-order chi connectivity index (χ1) is 9.21. The van der Waals surface area contributed by atoms with E-state index in [9.17, 15) is 4.79 Å². The second kappa shape index (κ2) is 4.23. The zero-order valence-corrected chi connectivity index (χ0v) is 12.8. The van der Waals surface area contributed by atoms with E-state index in [1.165, 1.54) is 0 Å². The first kappa shape index (κ1) is 13.9. The van der Waals surface area contributed by atoms with Gasteiger partial charge in [-0.2, -0.15) is 0 Å². The fourth-order valence-corrected chi connectivity index (χ4v) is 2.74. The Bertz CT molecular complexity index is 584. The van der Waals surface area contributed by atoms with Gasteiger partial charge in [-0.1, -0.05) is 23.7 Å². The first-order valence-corrected chi connectivity index (χ1v) is 7.06. The van der Waals surface area contributed by atoms with E-state index in [2.05, 4.69) is 5.32 Å². The number of rotatable bonds is 1. The van der Waals surface area contributed by atoms with Gasteiger partial charge in [0, 0.05) is 5.46 Å². The van der Waals surface area contributed by atoms with Crippen molar-refractivity contribution >= 4 is 35.8 Å². The molecule has 2 aliphatic rings. The van der Waals surface area contributed by atoms with Crippen LogP contribution in [0, 0.1) is 0 Å². The van der Waals surface area contributed by atoms with Gasteiger partial charge < -0.3 is 14.6 Å². The summed E-state index contributed by atoms with van der Waals surface area (Å²) in [5, 5.41) is 3.30. The number of amides is 1. The van der Waals surface area contributed by atoms with Crippen molar-refractivity contribution in [2.24, 2.45) is 0 Å². The lowest BCUT2D eigenvalue weighted by atomic mass is 9.78. The summed E-state index contributed by atoms with van der Waals surface area (Å²) in [7, 11) is -0.518. The normalized spacial score (nSPS) is 22.9. The molecule has 6 heteroatoms. The Hall–Kier alpha value is -1.04. The van der Waals surface area contributed by atoms with Gasteiger partial charge in [0.25, 0.3) is 0 Å². The molecule has 0 aliphatic carbocycles. The Kier molecular flexibility index (Phi) is 2.94. The summed E-state index contributed by atoms with van der Waals surface area (Å²) in [6.07, 6.45) is 0.374. The molecular weight excluding hydrogens is 276 g/mol. The van der Waals surface area contributed by atoms with E-state index >= 15 is 0 Å². The van der Waals surface area contributed by atoms with Crippen molar-refractivity contribution in [3.8, 4) is 0 Å². The third-order valence-electron chi connectivity index (χ3n) is 4.38. The molecular formula is C14H17BClNO3. The number of anilines is 1. The summed E-state index contributed by atoms with van der Waals surface area (Å²) in [4.78, 5) is 11.5. The van der Waals surface area contributed by atoms with E-state index in [1.807, 2.05) is 39.8 Å². The van der Waals surface area contributed by atoms with Crippen molar-refractivity contribution in [2.45, 2.75) is 45.3 Å². The molecule has 2 heterocycles. The van der Waals surface area contributed by atoms with Gasteiger partial charge in [0.1, 0.15) is 0 Å². The van der Waals surface area contributed by atoms with E-state index in [4.69, 9.17) is 20.9 Å². The van der Waals surface area contributed by atoms with Crippen molar-refractivity contribution < 1.29 is 14.1 Å². The minimum atomic E-state index is -0.518. The second-order valence-corrected chi connectivity index (χ2v) is 6.69. The predicted molar refractivity (Wildman–Crippen MR) is 79.5 cm³/mol. The molecule has 1 N–H and O–H groups in total. The molecule has 0 spiro atoms. The van der Waals surface area contributed by atoms with Crippen LogP contribution in [0.4, 0.5) is 5.69 Å². The molecule has 0 atom stereocenters. The van der Waals surface area contributed by atoms with E-state index in [1.54, 1.807) is 0 Å². The third kappa shape index (κ3) is 1.96. The largest absolute Gasteiger partial charge is 0.496 e. The number of fused-ring (bicyclic) bond motifs is 1. The van der Waals surface area contributed by atoms with Crippen molar-refractivity contribution in [1.29, 1.82) is 0 Å². The topological polar surface area (TPSA) is 47.6 Å². The molecule has 3 rings (SSSR count). The Labute approximate surface area is 123 Å². The minimum Gasteiger partial charge on any atom is -0.399 e. The predicted octanol–water partition coefficient (Wildman–Crippen LogP) is 2.13. The van der Waals surface area contributed by atoms with Crippen LogP contribution in [0.2, 0.25) is 5.02 Å². The monoisotopic (exact) mass is 293 g/mol. The lowest BCUT2D eigenvalue weighted by Gasteiger charge is -2.32. The number of nitrogens with one attached hydrogen (secondary N) is 1. The van der Waals surface area contributed by atoms with Crippen molar-refractivity contribution in [1.82, 2.24) is 0 Å². The molecule has 0 aromatic heterocycles. The molecule has 1 saturated heterocycles. The van der Waals surface area contributed by atoms with Crippen molar-refractivity contribution in [2.75, 3.05) is 5.32 Å². The van der Waals surface area contributed by atoms with E-state index in [0.717, 1.165) is 11.0 Å². The van der Waals surface area contributed by atoms with Gasteiger partial charge in [0.15, 0.2) is 0 Å². The SMILES string of the molecule is CC1(C)OB(c2ccc3c(c2Cl)NC(=O)C3)OC1(C)C. The summed E-state index contributed by atoms with van der Waals surface area (Å²) >= 11 is 6.41. The quantitative estimate of drug-likeness (QED) is 0.807. The van der Waals surface area contributed by atoms with Crippen LogP contribution in [0.3, 0.4) is 0 Å². The average molecular weight is 294 g/mol. The Morgan fingerprint density at radius 3 is 2.40 bits per heavy atom. The maximum atomic E-state index is 11.5. The van der Waals surface area contributed by atoms with Gasteiger partial charge >= 0.3 is 7.12 Å². The van der Waals surface area contributed by atoms with Crippen LogP contribution in [-0.2, 0) is 20.5 Å². The molecule has 2 aliphatic heterocycles. The van der Waals surface area contributed by atoms with E-state index in [0.29, 0.717) is 17.1 Å². The Balaban J connectivity index is 1.98. The smallest absolute Gasteiger partial charge is 0.399 e. The maximum absolute atomic E-state index is 11.5. The Morgan fingerprint density at radius 2 is 1.80 bits per heavy atom. The molecule has 0 unspecified atom stereocenters. The fraction of sp³-hybridized carbons (Fsp3) is 0.500. The van der Waals surface area contributed by atoms with Gasteiger partial charge in [0.05, 0.1) is 28.3 Å². The number of benzene rings is 1. The average Bonchev–Trinajstić information content (AvgIpc) is 2.78. The van der Waals surface area contributed by atoms with Crippen LogP contribution < -0.4 is 10.8 Å². The van der Waals surface area contributed by atoms with Crippen LogP contribution >= 0.6 is 11.6 Å². The lowest BCUT2D eigenvalue weighted by molar-refractivity contribution is -0.115. The molecule has 1 amide bonds. The molecule has 1 aromatic rings. The second-order valence-electron chi connectivity index (χ2n) is 6.32. The highest BCUT2D eigenvalue weighted by atomic mass is 35.5. The van der Waals surface area contributed by atoms with Gasteiger partial charge in [-0.3, -0.25) is 4.79 Å². The summed E-state index contributed by atoms with van der Waals surface area (Å²) < 4.78 is 12.0. The first-order valence-electron chi connectivity index (χ1n) is 6.68. The molecule has 0 saturated carbocycles. The van der Waals surface area contributed by atoms with Crippen LogP contribution in [0.5, 0.6) is 0 Å². The number of hydrogen-bond donors (Lipinski definition) is 1. The van der Waals surface area contributed by atoms with Gasteiger partial charge in [-0.15, -0.1) is 0 Å². The summed E-state index contributed by atoms with van der Waals surface area (Å²) in [5.41, 5.74) is 1.53. The highest BCUT2D eigenvalue weighted by Gasteiger charge is 2.52. The highest BCUT2D eigenvalue weighted by Crippen LogP contribution is 2.38. The fourth-order valence-electron chi connectivity index (χ4n) is 2.42. The Morgan fingerprint density at radius 1 is 1.20 bits per heavy atom. The summed E-state index contributed by atoms with van der Waals surface area (Å²) in [6, 6.07) is 3.78. The molecule has 106 valence electrons. The number of carbonyl (C=O) groups excluding carboxylic acids is 1. The molecule has 1 aromatic carbocycles. The standard InChI is InChI=1S/C14H17BClNO3/c1-13(2)14(3,4)20-15(19-13)9-6-5-8-7-10(18)17-12(8)11(9)16/h5-6H,7H2,1-4H3,(H,17,18). The summed E-state index contributed by atoms with van der Waals surface area (Å²) in [6.45, 7) is 7.98. The van der Waals surface area contributed by atoms with Crippen molar-refractivity contribution in [3.05, 3.63) is 22.7 Å². The van der Waals surface area contributed by atoms with E-state index in [-0.39, 0.29) is 5.91 Å². The van der Waals surface area contributed by atoms with Crippen LogP contribution in [0.1, 0.15) is 33.3 Å². The minimum absolute atomic E-state index is 0.0343. The zero-order chi connectivity index (χ0) is 14.7. The lowest BCUT2D eigenvalue weighted by Crippen LogP contribution is -2.41. The molecule has 4 nitrogen and oxygen atoms in total. The highest BCUT2D eigenvalue weighted by molar-refractivity contribution is 6.66. The van der Waals surface area contributed by atoms with Crippen LogP contribution in [0.15, 0.2) is 12.1 Å². The molecule has 0 radical (unpaired) electrons. The van der Waals surface area contributed by atoms with Crippen molar-refractivity contribution in [3.63, 3.8) is 0 Å². The van der Waals surface area contributed by atoms with E-state index < -0.39 is 18.3 Å². The molecule has 0 bridgehead atoms. The van der Waals surface area contributed by atoms with Gasteiger partial charge in [-0.25, -0.2) is 0 Å². The van der Waals surface area contributed by atoms with Crippen LogP contribution in [-0.4, -0.2) is 24.2 Å². The number of carbonyl (C=O) groups is 1. The van der Waals surface area contributed by atoms with Crippen LogP contribution in [0.25, 0.3) is 0 Å². The van der Waals surface area contributed by atoms with Gasteiger partial charge in [0.2, 0.25) is 5.91 Å². The maximum Gasteiger partial charge on any atom is 0.496 e. The summed E-state index contributed by atoms with van der Waals surface area (Å²) in [5.74, 6) is -0.0343. The molecule has 1 fully saturated rings. The third-order valence-corrected chi connectivity index (χ3v) is 4.79. The van der Waals surface area contributed by atoms with Gasteiger partial charge in [-0.05, 0) is 33.3 Å². The zero-order valence-electron chi connectivity index (χ0n) is 12.0. The number of halogens is 1.